The third kappa shape index (κ3) is 2.69. The summed E-state index contributed by atoms with van der Waals surface area (Å²) in [7, 11) is 3.27. The largest absolute Gasteiger partial charge is 0.497 e. The van der Waals surface area contributed by atoms with E-state index >= 15 is 0 Å². The highest BCUT2D eigenvalue weighted by Crippen LogP contribution is 2.40. The highest BCUT2D eigenvalue weighted by molar-refractivity contribution is 5.94. The SMILES string of the molecule is COc1ccc(-n2cnc3c2NC(=O)C[C@H]3c2ccccc2OC)cc1. The molecule has 6 heteroatoms. The molecule has 0 radical (unpaired) electrons. The van der Waals surface area contributed by atoms with Crippen molar-refractivity contribution in [1.82, 2.24) is 9.55 Å². The number of nitrogens with one attached hydrogen (secondary N) is 1. The molecule has 0 fully saturated rings. The summed E-state index contributed by atoms with van der Waals surface area (Å²) in [6.45, 7) is 0. The zero-order valence-electron chi connectivity index (χ0n) is 14.6. The van der Waals surface area contributed by atoms with Gasteiger partial charge in [0.05, 0.1) is 19.9 Å². The molecular formula is C20H19N3O3. The van der Waals surface area contributed by atoms with Crippen LogP contribution in [0.3, 0.4) is 0 Å². The predicted octanol–water partition coefficient (Wildman–Crippen LogP) is 3.36. The number of benzene rings is 2. The minimum atomic E-state index is -0.144. The number of hydrogen-bond acceptors (Lipinski definition) is 4. The second kappa shape index (κ2) is 6.55. The van der Waals surface area contributed by atoms with Crippen molar-refractivity contribution in [3.63, 3.8) is 0 Å². The Kier molecular flexibility index (Phi) is 4.08. The molecule has 2 aromatic carbocycles. The zero-order chi connectivity index (χ0) is 18.1. The minimum absolute atomic E-state index is 0.0383. The molecule has 26 heavy (non-hydrogen) atoms. The fourth-order valence-electron chi connectivity index (χ4n) is 3.36. The van der Waals surface area contributed by atoms with Crippen LogP contribution in [0.25, 0.3) is 5.69 Å². The van der Waals surface area contributed by atoms with Gasteiger partial charge in [-0.15, -0.1) is 0 Å². The Bertz CT molecular complexity index is 947. The smallest absolute Gasteiger partial charge is 0.226 e. The number of methoxy groups -OCH3 is 2. The average Bonchev–Trinajstić information content (AvgIpc) is 3.11. The lowest BCUT2D eigenvalue weighted by Crippen LogP contribution is -2.25. The van der Waals surface area contributed by atoms with Gasteiger partial charge >= 0.3 is 0 Å². The molecule has 0 aliphatic carbocycles. The number of amides is 1. The lowest BCUT2D eigenvalue weighted by molar-refractivity contribution is -0.116. The van der Waals surface area contributed by atoms with E-state index in [9.17, 15) is 4.79 Å². The second-order valence-electron chi connectivity index (χ2n) is 6.09. The van der Waals surface area contributed by atoms with Crippen LogP contribution in [0.15, 0.2) is 54.9 Å². The van der Waals surface area contributed by atoms with Gasteiger partial charge in [-0.1, -0.05) is 18.2 Å². The lowest BCUT2D eigenvalue weighted by atomic mass is 9.89. The van der Waals surface area contributed by atoms with Gasteiger partial charge in [0, 0.05) is 23.6 Å². The topological polar surface area (TPSA) is 65.4 Å². The van der Waals surface area contributed by atoms with Crippen LogP contribution >= 0.6 is 0 Å². The van der Waals surface area contributed by atoms with Crippen molar-refractivity contribution in [1.29, 1.82) is 0 Å². The van der Waals surface area contributed by atoms with E-state index in [0.717, 1.165) is 28.4 Å². The van der Waals surface area contributed by atoms with E-state index in [1.54, 1.807) is 20.5 Å². The number of fused-ring (bicyclic) bond motifs is 1. The van der Waals surface area contributed by atoms with Gasteiger partial charge in [-0.3, -0.25) is 9.36 Å². The summed E-state index contributed by atoms with van der Waals surface area (Å²) in [5, 5.41) is 2.96. The maximum Gasteiger partial charge on any atom is 0.226 e. The fourth-order valence-corrected chi connectivity index (χ4v) is 3.36. The summed E-state index contributed by atoms with van der Waals surface area (Å²) in [5.41, 5.74) is 2.71. The van der Waals surface area contributed by atoms with Crippen molar-refractivity contribution in [3.8, 4) is 17.2 Å². The average molecular weight is 349 g/mol. The van der Waals surface area contributed by atoms with Crippen molar-refractivity contribution in [3.05, 3.63) is 66.1 Å². The van der Waals surface area contributed by atoms with Crippen molar-refractivity contribution >= 4 is 11.7 Å². The van der Waals surface area contributed by atoms with Gasteiger partial charge in [-0.25, -0.2) is 4.98 Å². The fraction of sp³-hybridized carbons (Fsp3) is 0.200. The number of aromatic nitrogens is 2. The number of nitrogens with zero attached hydrogens (tertiary/aromatic N) is 2. The first kappa shape index (κ1) is 16.2. The van der Waals surface area contributed by atoms with E-state index in [0.29, 0.717) is 12.2 Å². The Labute approximate surface area is 151 Å². The van der Waals surface area contributed by atoms with E-state index in [1.165, 1.54) is 0 Å². The molecule has 3 aromatic rings. The molecule has 1 amide bonds. The first-order valence-corrected chi connectivity index (χ1v) is 8.35. The van der Waals surface area contributed by atoms with Gasteiger partial charge in [-0.05, 0) is 30.3 Å². The Hall–Kier alpha value is -3.28. The summed E-state index contributed by atoms with van der Waals surface area (Å²) in [5.74, 6) is 2.05. The van der Waals surface area contributed by atoms with Crippen LogP contribution in [0, 0.1) is 0 Å². The van der Waals surface area contributed by atoms with E-state index in [2.05, 4.69) is 10.3 Å². The molecule has 1 aliphatic rings. The Morgan fingerprint density at radius 2 is 1.85 bits per heavy atom. The van der Waals surface area contributed by atoms with Crippen LogP contribution < -0.4 is 14.8 Å². The van der Waals surface area contributed by atoms with Crippen LogP contribution in [-0.4, -0.2) is 29.7 Å². The quantitative estimate of drug-likeness (QED) is 0.784. The number of anilines is 1. The van der Waals surface area contributed by atoms with Gasteiger partial charge in [0.2, 0.25) is 5.91 Å². The number of rotatable bonds is 4. The van der Waals surface area contributed by atoms with Crippen LogP contribution in [0.5, 0.6) is 11.5 Å². The molecule has 0 saturated heterocycles. The highest BCUT2D eigenvalue weighted by atomic mass is 16.5. The molecule has 1 aliphatic heterocycles. The number of imidazole rings is 1. The van der Waals surface area contributed by atoms with Gasteiger partial charge in [0.15, 0.2) is 0 Å². The van der Waals surface area contributed by atoms with Gasteiger partial charge < -0.3 is 14.8 Å². The number of carbonyl (C=O) groups excluding carboxylic acids is 1. The van der Waals surface area contributed by atoms with Crippen molar-refractivity contribution in [2.24, 2.45) is 0 Å². The number of para-hydroxylation sites is 1. The number of ether oxygens (including phenoxy) is 2. The molecule has 1 atom stereocenters. The molecular weight excluding hydrogens is 330 g/mol. The van der Waals surface area contributed by atoms with Crippen molar-refractivity contribution < 1.29 is 14.3 Å². The van der Waals surface area contributed by atoms with Gasteiger partial charge in [-0.2, -0.15) is 0 Å². The molecule has 0 bridgehead atoms. The summed E-state index contributed by atoms with van der Waals surface area (Å²) >= 11 is 0. The minimum Gasteiger partial charge on any atom is -0.497 e. The number of carbonyl (C=O) groups is 1. The van der Waals surface area contributed by atoms with Crippen molar-refractivity contribution in [2.75, 3.05) is 19.5 Å². The standard InChI is InChI=1S/C20H19N3O3/c1-25-14-9-7-13(8-10-14)23-12-21-19-16(11-18(24)22-20(19)23)15-5-3-4-6-17(15)26-2/h3-10,12,16H,11H2,1-2H3,(H,22,24)/t16-/m0/s1. The molecule has 0 unspecified atom stereocenters. The molecule has 1 N–H and O–H groups in total. The normalized spacial score (nSPS) is 15.9. The highest BCUT2D eigenvalue weighted by Gasteiger charge is 2.32. The Balaban J connectivity index is 1.80. The molecule has 4 rings (SSSR count). The monoisotopic (exact) mass is 349 g/mol. The molecule has 1 aromatic heterocycles. The van der Waals surface area contributed by atoms with E-state index in [1.807, 2.05) is 53.1 Å². The molecule has 0 saturated carbocycles. The van der Waals surface area contributed by atoms with Crippen LogP contribution in [0.4, 0.5) is 5.82 Å². The lowest BCUT2D eigenvalue weighted by Gasteiger charge is -2.24. The Morgan fingerprint density at radius 3 is 2.58 bits per heavy atom. The van der Waals surface area contributed by atoms with Crippen LogP contribution in [0.2, 0.25) is 0 Å². The van der Waals surface area contributed by atoms with Gasteiger partial charge in [0.1, 0.15) is 23.6 Å². The van der Waals surface area contributed by atoms with Crippen LogP contribution in [-0.2, 0) is 4.79 Å². The third-order valence-electron chi connectivity index (χ3n) is 4.64. The van der Waals surface area contributed by atoms with E-state index in [-0.39, 0.29) is 11.8 Å². The molecule has 2 heterocycles. The summed E-state index contributed by atoms with van der Waals surface area (Å²) < 4.78 is 12.6. The van der Waals surface area contributed by atoms with E-state index in [4.69, 9.17) is 9.47 Å². The van der Waals surface area contributed by atoms with Gasteiger partial charge in [0.25, 0.3) is 0 Å². The molecule has 132 valence electrons. The zero-order valence-corrected chi connectivity index (χ0v) is 14.6. The predicted molar refractivity (Wildman–Crippen MR) is 98.2 cm³/mol. The summed E-state index contributed by atoms with van der Waals surface area (Å²) in [6, 6.07) is 15.4. The first-order valence-electron chi connectivity index (χ1n) is 8.35. The van der Waals surface area contributed by atoms with E-state index < -0.39 is 0 Å². The Morgan fingerprint density at radius 1 is 1.08 bits per heavy atom. The first-order chi connectivity index (χ1) is 12.7. The summed E-state index contributed by atoms with van der Waals surface area (Å²) in [4.78, 5) is 17.0. The molecule has 0 spiro atoms. The van der Waals surface area contributed by atoms with Crippen molar-refractivity contribution in [2.45, 2.75) is 12.3 Å². The van der Waals surface area contributed by atoms with Crippen LogP contribution in [0.1, 0.15) is 23.6 Å². The maximum atomic E-state index is 12.4. The second-order valence-corrected chi connectivity index (χ2v) is 6.09. The number of hydrogen-bond donors (Lipinski definition) is 1. The molecule has 6 nitrogen and oxygen atoms in total. The maximum absolute atomic E-state index is 12.4. The third-order valence-corrected chi connectivity index (χ3v) is 4.64. The summed E-state index contributed by atoms with van der Waals surface area (Å²) in [6.07, 6.45) is 2.08.